The van der Waals surface area contributed by atoms with Crippen LogP contribution in [-0.4, -0.2) is 31.7 Å². The first-order valence-corrected chi connectivity index (χ1v) is 9.75. The smallest absolute Gasteiger partial charge is 0.335 e. The summed E-state index contributed by atoms with van der Waals surface area (Å²) >= 11 is 0. The number of aromatic carboxylic acids is 1. The van der Waals surface area contributed by atoms with E-state index in [9.17, 15) is 14.7 Å². The molecular weight excluding hydrogens is 368 g/mol. The molecule has 0 unspecified atom stereocenters. The highest BCUT2D eigenvalue weighted by molar-refractivity contribution is 5.92. The van der Waals surface area contributed by atoms with Crippen LogP contribution in [0.3, 0.4) is 0 Å². The van der Waals surface area contributed by atoms with Crippen LogP contribution in [0.4, 0.5) is 5.69 Å². The Kier molecular flexibility index (Phi) is 5.37. The Morgan fingerprint density at radius 3 is 2.62 bits per heavy atom. The third-order valence-corrected chi connectivity index (χ3v) is 5.16. The summed E-state index contributed by atoms with van der Waals surface area (Å²) in [6.45, 7) is 0.938. The van der Waals surface area contributed by atoms with Crippen LogP contribution >= 0.6 is 0 Å². The van der Waals surface area contributed by atoms with E-state index in [1.54, 1.807) is 24.3 Å². The number of fused-ring (bicyclic) bond motifs is 1. The average molecular weight is 390 g/mol. The average Bonchev–Trinajstić information content (AvgIpc) is 3.17. The molecule has 3 aromatic rings. The van der Waals surface area contributed by atoms with Gasteiger partial charge in [-0.25, -0.2) is 4.79 Å². The number of hydrogen-bond donors (Lipinski definition) is 2. The van der Waals surface area contributed by atoms with Crippen LogP contribution in [0.5, 0.6) is 0 Å². The highest BCUT2D eigenvalue weighted by atomic mass is 16.4. The fourth-order valence-electron chi connectivity index (χ4n) is 3.64. The van der Waals surface area contributed by atoms with E-state index in [1.165, 1.54) is 0 Å². The number of nitrogens with zero attached hydrogens (tertiary/aromatic N) is 3. The number of anilines is 1. The summed E-state index contributed by atoms with van der Waals surface area (Å²) in [5.74, 6) is 0.762. The van der Waals surface area contributed by atoms with Crippen molar-refractivity contribution in [2.24, 2.45) is 0 Å². The molecule has 2 N–H and O–H groups in total. The van der Waals surface area contributed by atoms with E-state index in [4.69, 9.17) is 0 Å². The highest BCUT2D eigenvalue weighted by Crippen LogP contribution is 2.24. The third kappa shape index (κ3) is 4.18. The van der Waals surface area contributed by atoms with Gasteiger partial charge in [0.2, 0.25) is 5.91 Å². The minimum absolute atomic E-state index is 0.155. The summed E-state index contributed by atoms with van der Waals surface area (Å²) in [5.41, 5.74) is 2.56. The summed E-state index contributed by atoms with van der Waals surface area (Å²) in [6.07, 6.45) is 3.84. The van der Waals surface area contributed by atoms with Crippen molar-refractivity contribution < 1.29 is 14.7 Å². The first-order chi connectivity index (χ1) is 14.1. The maximum Gasteiger partial charge on any atom is 0.335 e. The summed E-state index contributed by atoms with van der Waals surface area (Å²) in [4.78, 5) is 23.6. The van der Waals surface area contributed by atoms with Gasteiger partial charge in [0.15, 0.2) is 5.82 Å². The molecule has 2 heterocycles. The maximum atomic E-state index is 12.3. The number of carbonyl (C=O) groups is 2. The summed E-state index contributed by atoms with van der Waals surface area (Å²) in [7, 11) is 0. The van der Waals surface area contributed by atoms with Crippen LogP contribution in [0, 0.1) is 0 Å². The molecule has 0 aliphatic carbocycles. The van der Waals surface area contributed by atoms with E-state index in [0.29, 0.717) is 17.7 Å². The second kappa shape index (κ2) is 8.26. The zero-order chi connectivity index (χ0) is 20.2. The number of carboxylic acid groups (broad SMARTS) is 1. The number of amides is 1. The molecule has 1 aromatic heterocycles. The number of nitrogens with one attached hydrogen (secondary N) is 1. The van der Waals surface area contributed by atoms with E-state index in [0.717, 1.165) is 43.0 Å². The van der Waals surface area contributed by atoms with Gasteiger partial charge in [-0.1, -0.05) is 18.2 Å². The van der Waals surface area contributed by atoms with E-state index >= 15 is 0 Å². The molecule has 0 bridgehead atoms. The van der Waals surface area contributed by atoms with Gasteiger partial charge in [0.1, 0.15) is 5.82 Å². The molecule has 0 saturated heterocycles. The second-order valence-electron chi connectivity index (χ2n) is 7.14. The monoisotopic (exact) mass is 390 g/mol. The van der Waals surface area contributed by atoms with Crippen LogP contribution < -0.4 is 5.32 Å². The minimum atomic E-state index is -0.979. The van der Waals surface area contributed by atoms with Crippen molar-refractivity contribution in [2.45, 2.75) is 38.6 Å². The molecule has 7 nitrogen and oxygen atoms in total. The first-order valence-electron chi connectivity index (χ1n) is 9.75. The Morgan fingerprint density at radius 2 is 1.83 bits per heavy atom. The summed E-state index contributed by atoms with van der Waals surface area (Å²) in [6, 6.07) is 14.3. The topological polar surface area (TPSA) is 97.1 Å². The van der Waals surface area contributed by atoms with Gasteiger partial charge in [0.05, 0.1) is 5.56 Å². The van der Waals surface area contributed by atoms with Crippen LogP contribution in [-0.2, 0) is 24.2 Å². The normalized spacial score (nSPS) is 13.0. The molecule has 148 valence electrons. The Bertz CT molecular complexity index is 1040. The van der Waals surface area contributed by atoms with Gasteiger partial charge < -0.3 is 15.0 Å². The van der Waals surface area contributed by atoms with Gasteiger partial charge >= 0.3 is 5.97 Å². The van der Waals surface area contributed by atoms with Gasteiger partial charge in [-0.15, -0.1) is 10.2 Å². The molecule has 4 rings (SSSR count). The van der Waals surface area contributed by atoms with Crippen molar-refractivity contribution in [3.8, 4) is 11.4 Å². The van der Waals surface area contributed by atoms with Crippen LogP contribution in [0.15, 0.2) is 48.5 Å². The Balaban J connectivity index is 1.38. The van der Waals surface area contributed by atoms with Gasteiger partial charge in [-0.3, -0.25) is 4.79 Å². The zero-order valence-electron chi connectivity index (χ0n) is 16.0. The summed E-state index contributed by atoms with van der Waals surface area (Å²) in [5, 5.41) is 20.7. The quantitative estimate of drug-likeness (QED) is 0.671. The SMILES string of the molecule is O=C(CCc1ccccc1C(=O)O)Nc1ccc(-c2nnc3n2CCCC3)cc1. The molecule has 0 fully saturated rings. The fraction of sp³-hybridized carbons (Fsp3) is 0.273. The standard InChI is InChI=1S/C22H22N4O3/c27-20(13-10-15-5-1-2-6-18(15)22(28)29)23-17-11-8-16(9-12-17)21-25-24-19-7-3-4-14-26(19)21/h1-2,5-6,8-9,11-12H,3-4,7,10,13-14H2,(H,23,27)(H,28,29). The Morgan fingerprint density at radius 1 is 1.03 bits per heavy atom. The van der Waals surface area contributed by atoms with Crippen LogP contribution in [0.25, 0.3) is 11.4 Å². The number of aryl methyl sites for hydroxylation is 2. The van der Waals surface area contributed by atoms with Crippen molar-refractivity contribution in [1.29, 1.82) is 0 Å². The predicted octanol–water partition coefficient (Wildman–Crippen LogP) is 3.55. The van der Waals surface area contributed by atoms with Crippen molar-refractivity contribution in [2.75, 3.05) is 5.32 Å². The van der Waals surface area contributed by atoms with Gasteiger partial charge in [-0.05, 0) is 55.2 Å². The lowest BCUT2D eigenvalue weighted by Crippen LogP contribution is -2.13. The van der Waals surface area contributed by atoms with E-state index < -0.39 is 5.97 Å². The highest BCUT2D eigenvalue weighted by Gasteiger charge is 2.17. The number of hydrogen-bond acceptors (Lipinski definition) is 4. The van der Waals surface area contributed by atoms with E-state index in [2.05, 4.69) is 20.1 Å². The summed E-state index contributed by atoms with van der Waals surface area (Å²) < 4.78 is 2.16. The van der Waals surface area contributed by atoms with Crippen LogP contribution in [0.2, 0.25) is 0 Å². The number of benzene rings is 2. The molecule has 1 aliphatic rings. The lowest BCUT2D eigenvalue weighted by Gasteiger charge is -2.14. The number of carbonyl (C=O) groups excluding carboxylic acids is 1. The lowest BCUT2D eigenvalue weighted by molar-refractivity contribution is -0.116. The van der Waals surface area contributed by atoms with Gasteiger partial charge in [0, 0.05) is 30.6 Å². The fourth-order valence-corrected chi connectivity index (χ4v) is 3.64. The van der Waals surface area contributed by atoms with Crippen LogP contribution in [0.1, 0.15) is 41.0 Å². The zero-order valence-corrected chi connectivity index (χ0v) is 16.0. The minimum Gasteiger partial charge on any atom is -0.478 e. The van der Waals surface area contributed by atoms with Crippen molar-refractivity contribution in [3.63, 3.8) is 0 Å². The first kappa shape index (κ1) is 18.9. The molecule has 1 amide bonds. The van der Waals surface area contributed by atoms with Crippen molar-refractivity contribution in [1.82, 2.24) is 14.8 Å². The van der Waals surface area contributed by atoms with Crippen molar-refractivity contribution in [3.05, 3.63) is 65.5 Å². The molecule has 0 spiro atoms. The van der Waals surface area contributed by atoms with Gasteiger partial charge in [-0.2, -0.15) is 0 Å². The maximum absolute atomic E-state index is 12.3. The molecule has 2 aromatic carbocycles. The molecule has 0 atom stereocenters. The molecule has 0 saturated carbocycles. The molecule has 29 heavy (non-hydrogen) atoms. The predicted molar refractivity (Wildman–Crippen MR) is 109 cm³/mol. The van der Waals surface area contributed by atoms with E-state index in [-0.39, 0.29) is 17.9 Å². The number of rotatable bonds is 6. The number of carboxylic acids is 1. The van der Waals surface area contributed by atoms with Crippen molar-refractivity contribution >= 4 is 17.6 Å². The molecule has 1 aliphatic heterocycles. The largest absolute Gasteiger partial charge is 0.478 e. The lowest BCUT2D eigenvalue weighted by atomic mass is 10.0. The third-order valence-electron chi connectivity index (χ3n) is 5.16. The molecular formula is C22H22N4O3. The molecule has 0 radical (unpaired) electrons. The van der Waals surface area contributed by atoms with E-state index in [1.807, 2.05) is 24.3 Å². The Labute approximate surface area is 168 Å². The number of aromatic nitrogens is 3. The molecule has 7 heteroatoms. The second-order valence-corrected chi connectivity index (χ2v) is 7.14. The van der Waals surface area contributed by atoms with Gasteiger partial charge in [0.25, 0.3) is 0 Å². The Hall–Kier alpha value is -3.48.